The van der Waals surface area contributed by atoms with Gasteiger partial charge in [0.25, 0.3) is 0 Å². The van der Waals surface area contributed by atoms with Crippen molar-refractivity contribution >= 4 is 33.5 Å². The number of halogens is 1. The molecule has 0 spiro atoms. The number of nitrogens with zero attached hydrogens (tertiary/aromatic N) is 2. The van der Waals surface area contributed by atoms with Crippen molar-refractivity contribution in [2.45, 2.75) is 31.7 Å². The smallest absolute Gasteiger partial charge is 0.303 e. The van der Waals surface area contributed by atoms with Crippen LogP contribution in [0.5, 0.6) is 5.75 Å². The quantitative estimate of drug-likeness (QED) is 0.721. The van der Waals surface area contributed by atoms with E-state index >= 15 is 0 Å². The highest BCUT2D eigenvalue weighted by Gasteiger charge is 2.34. The molecule has 1 aliphatic heterocycles. The second-order valence-corrected chi connectivity index (χ2v) is 7.23. The van der Waals surface area contributed by atoms with Gasteiger partial charge in [0.1, 0.15) is 5.75 Å². The molecule has 2 aromatic rings. The Bertz CT molecular complexity index is 880. The minimum atomic E-state index is -0.930. The van der Waals surface area contributed by atoms with Gasteiger partial charge in [0.05, 0.1) is 11.8 Å². The Kier molecular flexibility index (Phi) is 5.91. The summed E-state index contributed by atoms with van der Waals surface area (Å²) in [5.41, 5.74) is 2.28. The molecule has 0 unspecified atom stereocenters. The first kappa shape index (κ1) is 19.1. The van der Waals surface area contributed by atoms with E-state index in [0.29, 0.717) is 12.0 Å². The molecule has 0 fully saturated rings. The monoisotopic (exact) mass is 430 g/mol. The van der Waals surface area contributed by atoms with Crippen LogP contribution in [0.4, 0.5) is 0 Å². The summed E-state index contributed by atoms with van der Waals surface area (Å²) in [6, 6.07) is 14.1. The Morgan fingerprint density at radius 3 is 2.48 bits per heavy atom. The van der Waals surface area contributed by atoms with E-state index in [1.165, 1.54) is 5.01 Å². The van der Waals surface area contributed by atoms with Crippen molar-refractivity contribution in [1.29, 1.82) is 0 Å². The molecule has 1 heterocycles. The van der Waals surface area contributed by atoms with Crippen LogP contribution in [0.25, 0.3) is 0 Å². The molecular weight excluding hydrogens is 412 g/mol. The number of para-hydroxylation sites is 1. The SMILES string of the molecule is O=C(O)CCCC(=O)N1N=C(c2ccc(Br)cc2)C[C@@H]1c1ccccc1O. The topological polar surface area (TPSA) is 90.2 Å². The molecule has 3 rings (SSSR count). The van der Waals surface area contributed by atoms with Crippen LogP contribution in [-0.2, 0) is 9.59 Å². The van der Waals surface area contributed by atoms with Gasteiger partial charge in [-0.1, -0.05) is 46.3 Å². The van der Waals surface area contributed by atoms with Crippen LogP contribution in [0, 0.1) is 0 Å². The van der Waals surface area contributed by atoms with E-state index < -0.39 is 12.0 Å². The Balaban J connectivity index is 1.87. The molecule has 6 nitrogen and oxygen atoms in total. The molecule has 1 atom stereocenters. The molecule has 1 aliphatic rings. The van der Waals surface area contributed by atoms with Crippen LogP contribution in [0.3, 0.4) is 0 Å². The zero-order valence-electron chi connectivity index (χ0n) is 14.5. The molecule has 0 saturated carbocycles. The number of phenolic OH excluding ortho intramolecular Hbond substituents is 1. The van der Waals surface area contributed by atoms with Gasteiger partial charge in [0, 0.05) is 29.3 Å². The first-order chi connectivity index (χ1) is 13.0. The van der Waals surface area contributed by atoms with E-state index in [2.05, 4.69) is 21.0 Å². The van der Waals surface area contributed by atoms with E-state index in [9.17, 15) is 14.7 Å². The molecule has 140 valence electrons. The summed E-state index contributed by atoms with van der Waals surface area (Å²) >= 11 is 3.40. The number of carbonyl (C=O) groups is 2. The number of amides is 1. The van der Waals surface area contributed by atoms with Gasteiger partial charge in [-0.25, -0.2) is 5.01 Å². The number of hydrogen-bond acceptors (Lipinski definition) is 4. The molecule has 0 aromatic heterocycles. The van der Waals surface area contributed by atoms with Gasteiger partial charge >= 0.3 is 5.97 Å². The third kappa shape index (κ3) is 4.54. The van der Waals surface area contributed by atoms with Crippen LogP contribution in [-0.4, -0.2) is 32.8 Å². The molecule has 0 bridgehead atoms. The Morgan fingerprint density at radius 1 is 1.11 bits per heavy atom. The number of aliphatic carboxylic acids is 1. The van der Waals surface area contributed by atoms with Gasteiger partial charge in [-0.05, 0) is 30.2 Å². The summed E-state index contributed by atoms with van der Waals surface area (Å²) in [5, 5.41) is 24.9. The van der Waals surface area contributed by atoms with Crippen LogP contribution >= 0.6 is 15.9 Å². The van der Waals surface area contributed by atoms with Gasteiger partial charge in [0.2, 0.25) is 5.91 Å². The molecule has 2 aromatic carbocycles. The van der Waals surface area contributed by atoms with Crippen LogP contribution in [0.15, 0.2) is 58.1 Å². The number of benzene rings is 2. The highest BCUT2D eigenvalue weighted by atomic mass is 79.9. The third-order valence-electron chi connectivity index (χ3n) is 4.42. The van der Waals surface area contributed by atoms with Crippen LogP contribution in [0.2, 0.25) is 0 Å². The summed E-state index contributed by atoms with van der Waals surface area (Å²) in [6.45, 7) is 0. The number of hydrogen-bond donors (Lipinski definition) is 2. The van der Waals surface area contributed by atoms with Gasteiger partial charge in [-0.2, -0.15) is 5.10 Å². The second-order valence-electron chi connectivity index (χ2n) is 6.32. The molecular formula is C20H19BrN2O4. The van der Waals surface area contributed by atoms with E-state index in [-0.39, 0.29) is 30.9 Å². The average Bonchev–Trinajstić information content (AvgIpc) is 3.07. The van der Waals surface area contributed by atoms with Crippen LogP contribution in [0.1, 0.15) is 42.9 Å². The third-order valence-corrected chi connectivity index (χ3v) is 4.95. The van der Waals surface area contributed by atoms with Gasteiger partial charge < -0.3 is 10.2 Å². The Morgan fingerprint density at radius 2 is 1.81 bits per heavy atom. The van der Waals surface area contributed by atoms with Crippen molar-refractivity contribution < 1.29 is 19.8 Å². The van der Waals surface area contributed by atoms with Crippen molar-refractivity contribution in [1.82, 2.24) is 5.01 Å². The first-order valence-corrected chi connectivity index (χ1v) is 9.40. The highest BCUT2D eigenvalue weighted by Crippen LogP contribution is 2.37. The van der Waals surface area contributed by atoms with E-state index in [0.717, 1.165) is 15.7 Å². The molecule has 7 heteroatoms. The molecule has 0 saturated heterocycles. The summed E-state index contributed by atoms with van der Waals surface area (Å²) in [6.07, 6.45) is 0.753. The maximum absolute atomic E-state index is 12.7. The molecule has 0 aliphatic carbocycles. The van der Waals surface area contributed by atoms with Gasteiger partial charge in [-0.15, -0.1) is 0 Å². The fourth-order valence-corrected chi connectivity index (χ4v) is 3.34. The Hall–Kier alpha value is -2.67. The number of carboxylic acids is 1. The minimum Gasteiger partial charge on any atom is -0.508 e. The van der Waals surface area contributed by atoms with Crippen molar-refractivity contribution in [3.8, 4) is 5.75 Å². The largest absolute Gasteiger partial charge is 0.508 e. The average molecular weight is 431 g/mol. The molecule has 2 N–H and O–H groups in total. The molecule has 0 radical (unpaired) electrons. The van der Waals surface area contributed by atoms with E-state index in [4.69, 9.17) is 5.11 Å². The van der Waals surface area contributed by atoms with E-state index in [1.54, 1.807) is 24.3 Å². The van der Waals surface area contributed by atoms with E-state index in [1.807, 2.05) is 24.3 Å². The van der Waals surface area contributed by atoms with Crippen molar-refractivity contribution in [3.05, 3.63) is 64.1 Å². The lowest BCUT2D eigenvalue weighted by atomic mass is 9.97. The molecule has 1 amide bonds. The zero-order chi connectivity index (χ0) is 19.4. The number of phenols is 1. The maximum atomic E-state index is 12.7. The van der Waals surface area contributed by atoms with Crippen molar-refractivity contribution in [3.63, 3.8) is 0 Å². The van der Waals surface area contributed by atoms with Gasteiger partial charge in [-0.3, -0.25) is 9.59 Å². The van der Waals surface area contributed by atoms with Crippen molar-refractivity contribution in [2.24, 2.45) is 5.10 Å². The number of carbonyl (C=O) groups excluding carboxylic acids is 1. The lowest BCUT2D eigenvalue weighted by molar-refractivity contribution is -0.137. The Labute approximate surface area is 165 Å². The summed E-state index contributed by atoms with van der Waals surface area (Å²) < 4.78 is 0.948. The predicted molar refractivity (Wildman–Crippen MR) is 104 cm³/mol. The van der Waals surface area contributed by atoms with Crippen molar-refractivity contribution in [2.75, 3.05) is 0 Å². The van der Waals surface area contributed by atoms with Crippen LogP contribution < -0.4 is 0 Å². The summed E-state index contributed by atoms with van der Waals surface area (Å²) in [4.78, 5) is 23.4. The lowest BCUT2D eigenvalue weighted by Crippen LogP contribution is -2.27. The summed E-state index contributed by atoms with van der Waals surface area (Å²) in [7, 11) is 0. The number of carboxylic acid groups (broad SMARTS) is 1. The second kappa shape index (κ2) is 8.35. The summed E-state index contributed by atoms with van der Waals surface area (Å²) in [5.74, 6) is -1.07. The minimum absolute atomic E-state index is 0.0654. The fraction of sp³-hybridized carbons (Fsp3) is 0.250. The number of rotatable bonds is 6. The normalized spacial score (nSPS) is 16.3. The lowest BCUT2D eigenvalue weighted by Gasteiger charge is -2.22. The standard InChI is InChI=1S/C20H19BrN2O4/c21-14-10-8-13(9-11-14)16-12-17(15-4-1-2-5-18(15)24)23(22-16)19(25)6-3-7-20(26)27/h1-2,4-5,8-11,17,24H,3,6-7,12H2,(H,26,27)/t17-/m1/s1. The first-order valence-electron chi connectivity index (χ1n) is 8.61. The highest BCUT2D eigenvalue weighted by molar-refractivity contribution is 9.10. The molecule has 27 heavy (non-hydrogen) atoms. The maximum Gasteiger partial charge on any atom is 0.303 e. The number of hydrazone groups is 1. The number of aromatic hydroxyl groups is 1. The van der Waals surface area contributed by atoms with Gasteiger partial charge in [0.15, 0.2) is 0 Å². The fourth-order valence-electron chi connectivity index (χ4n) is 3.07. The zero-order valence-corrected chi connectivity index (χ0v) is 16.1. The predicted octanol–water partition coefficient (Wildman–Crippen LogP) is 4.09.